The van der Waals surface area contributed by atoms with E-state index in [0.717, 1.165) is 11.2 Å². The topological polar surface area (TPSA) is 16.1 Å². The van der Waals surface area contributed by atoms with Crippen LogP contribution in [0.3, 0.4) is 0 Å². The van der Waals surface area contributed by atoms with Gasteiger partial charge in [-0.15, -0.1) is 12.4 Å². The lowest BCUT2D eigenvalue weighted by Crippen LogP contribution is -2.18. The number of pyridine rings is 1. The van der Waals surface area contributed by atoms with E-state index in [-0.39, 0.29) is 12.4 Å². The predicted molar refractivity (Wildman–Crippen MR) is 75.2 cm³/mol. The zero-order valence-electron chi connectivity index (χ0n) is 10.0. The molecule has 1 saturated heterocycles. The van der Waals surface area contributed by atoms with Gasteiger partial charge in [-0.05, 0) is 31.9 Å². The first-order valence-electron chi connectivity index (χ1n) is 5.96. The standard InChI is InChI=1S/C14H16N2.ClH/c1-11-10-14(16-8-4-5-9-16)12-6-2-3-7-13(12)15-11;/h2-3,6-7,10H,4-5,8-9H2,1H3;1H. The number of aryl methyl sites for hydroxylation is 1. The maximum absolute atomic E-state index is 4.58. The highest BCUT2D eigenvalue weighted by Crippen LogP contribution is 2.28. The molecule has 3 rings (SSSR count). The number of fused-ring (bicyclic) bond motifs is 1. The molecule has 0 saturated carbocycles. The van der Waals surface area contributed by atoms with E-state index in [9.17, 15) is 0 Å². The van der Waals surface area contributed by atoms with E-state index in [1.807, 2.05) is 0 Å². The Hall–Kier alpha value is -1.28. The molecule has 0 aliphatic carbocycles. The van der Waals surface area contributed by atoms with Gasteiger partial charge >= 0.3 is 0 Å². The van der Waals surface area contributed by atoms with Crippen LogP contribution in [-0.4, -0.2) is 18.1 Å². The van der Waals surface area contributed by atoms with E-state index in [4.69, 9.17) is 0 Å². The molecule has 0 unspecified atom stereocenters. The lowest BCUT2D eigenvalue weighted by Gasteiger charge is -2.20. The Balaban J connectivity index is 0.00000108. The van der Waals surface area contributed by atoms with Crippen LogP contribution in [0.4, 0.5) is 5.69 Å². The summed E-state index contributed by atoms with van der Waals surface area (Å²) in [5.41, 5.74) is 3.59. The Bertz CT molecular complexity index is 519. The third-order valence-electron chi connectivity index (χ3n) is 3.27. The number of aromatic nitrogens is 1. The fourth-order valence-corrected chi connectivity index (χ4v) is 2.51. The Labute approximate surface area is 108 Å². The Morgan fingerprint density at radius 1 is 1.12 bits per heavy atom. The van der Waals surface area contributed by atoms with Crippen molar-refractivity contribution in [1.29, 1.82) is 0 Å². The number of hydrogen-bond acceptors (Lipinski definition) is 2. The summed E-state index contributed by atoms with van der Waals surface area (Å²) in [6, 6.07) is 10.6. The largest absolute Gasteiger partial charge is 0.371 e. The third-order valence-corrected chi connectivity index (χ3v) is 3.27. The second-order valence-corrected chi connectivity index (χ2v) is 4.49. The molecule has 0 spiro atoms. The summed E-state index contributed by atoms with van der Waals surface area (Å²) in [5, 5.41) is 1.29. The number of rotatable bonds is 1. The third kappa shape index (κ3) is 2.22. The Morgan fingerprint density at radius 3 is 2.59 bits per heavy atom. The van der Waals surface area contributed by atoms with Gasteiger partial charge in [-0.25, -0.2) is 0 Å². The first-order valence-corrected chi connectivity index (χ1v) is 5.96. The van der Waals surface area contributed by atoms with Crippen molar-refractivity contribution < 1.29 is 0 Å². The van der Waals surface area contributed by atoms with E-state index in [2.05, 4.69) is 47.1 Å². The number of halogens is 1. The molecule has 3 heteroatoms. The smallest absolute Gasteiger partial charge is 0.0726 e. The molecule has 2 heterocycles. The molecule has 0 atom stereocenters. The molecule has 0 radical (unpaired) electrons. The second kappa shape index (κ2) is 4.92. The minimum Gasteiger partial charge on any atom is -0.371 e. The van der Waals surface area contributed by atoms with Crippen molar-refractivity contribution in [3.05, 3.63) is 36.0 Å². The molecular formula is C14H17ClN2. The second-order valence-electron chi connectivity index (χ2n) is 4.49. The van der Waals surface area contributed by atoms with Crippen molar-refractivity contribution in [2.75, 3.05) is 18.0 Å². The lowest BCUT2D eigenvalue weighted by atomic mass is 10.1. The Kier molecular flexibility index (Phi) is 3.53. The minimum atomic E-state index is 0. The average Bonchev–Trinajstić information content (AvgIpc) is 2.81. The van der Waals surface area contributed by atoms with Gasteiger partial charge in [0, 0.05) is 29.9 Å². The monoisotopic (exact) mass is 248 g/mol. The summed E-state index contributed by atoms with van der Waals surface area (Å²) in [4.78, 5) is 7.06. The zero-order chi connectivity index (χ0) is 11.0. The van der Waals surface area contributed by atoms with Crippen LogP contribution in [0, 0.1) is 6.92 Å². The summed E-state index contributed by atoms with van der Waals surface area (Å²) in [7, 11) is 0. The van der Waals surface area contributed by atoms with Gasteiger partial charge in [-0.2, -0.15) is 0 Å². The van der Waals surface area contributed by atoms with Gasteiger partial charge < -0.3 is 4.90 Å². The maximum atomic E-state index is 4.58. The molecule has 2 nitrogen and oxygen atoms in total. The number of nitrogens with zero attached hydrogens (tertiary/aromatic N) is 2. The molecule has 1 aliphatic heterocycles. The molecule has 17 heavy (non-hydrogen) atoms. The number of hydrogen-bond donors (Lipinski definition) is 0. The van der Waals surface area contributed by atoms with Crippen molar-refractivity contribution in [2.45, 2.75) is 19.8 Å². The summed E-state index contributed by atoms with van der Waals surface area (Å²) in [6.45, 7) is 4.45. The first kappa shape index (κ1) is 12.2. The summed E-state index contributed by atoms with van der Waals surface area (Å²) >= 11 is 0. The number of benzene rings is 1. The van der Waals surface area contributed by atoms with Crippen LogP contribution in [-0.2, 0) is 0 Å². The SMILES string of the molecule is Cc1cc(N2CCCC2)c2ccccc2n1.Cl. The van der Waals surface area contributed by atoms with Gasteiger partial charge in [0.05, 0.1) is 5.52 Å². The van der Waals surface area contributed by atoms with Crippen molar-refractivity contribution >= 4 is 29.0 Å². The highest BCUT2D eigenvalue weighted by Gasteiger charge is 2.15. The summed E-state index contributed by atoms with van der Waals surface area (Å²) in [6.07, 6.45) is 2.63. The van der Waals surface area contributed by atoms with Crippen LogP contribution < -0.4 is 4.90 Å². The van der Waals surface area contributed by atoms with Crippen molar-refractivity contribution in [2.24, 2.45) is 0 Å². The van der Waals surface area contributed by atoms with Crippen molar-refractivity contribution in [1.82, 2.24) is 4.98 Å². The molecule has 1 aliphatic rings. The van der Waals surface area contributed by atoms with Gasteiger partial charge in [0.1, 0.15) is 0 Å². The van der Waals surface area contributed by atoms with E-state index in [1.54, 1.807) is 0 Å². The van der Waals surface area contributed by atoms with Crippen LogP contribution in [0.25, 0.3) is 10.9 Å². The average molecular weight is 249 g/mol. The number of anilines is 1. The van der Waals surface area contributed by atoms with Gasteiger partial charge in [0.25, 0.3) is 0 Å². The predicted octanol–water partition coefficient (Wildman–Crippen LogP) is 3.57. The normalized spacial score (nSPS) is 15.0. The van der Waals surface area contributed by atoms with Gasteiger partial charge in [-0.1, -0.05) is 18.2 Å². The van der Waals surface area contributed by atoms with Crippen LogP contribution >= 0.6 is 12.4 Å². The van der Waals surface area contributed by atoms with E-state index in [0.29, 0.717) is 0 Å². The first-order chi connectivity index (χ1) is 7.84. The van der Waals surface area contributed by atoms with Crippen molar-refractivity contribution in [3.63, 3.8) is 0 Å². The highest BCUT2D eigenvalue weighted by molar-refractivity contribution is 5.92. The molecule has 0 amide bonds. The molecular weight excluding hydrogens is 232 g/mol. The van der Waals surface area contributed by atoms with Crippen molar-refractivity contribution in [3.8, 4) is 0 Å². The molecule has 0 bridgehead atoms. The Morgan fingerprint density at radius 2 is 1.82 bits per heavy atom. The molecule has 1 aromatic heterocycles. The van der Waals surface area contributed by atoms with Crippen LogP contribution in [0.1, 0.15) is 18.5 Å². The molecule has 1 aromatic carbocycles. The quantitative estimate of drug-likeness (QED) is 0.767. The van der Waals surface area contributed by atoms with Gasteiger partial charge in [-0.3, -0.25) is 4.98 Å². The molecule has 90 valence electrons. The lowest BCUT2D eigenvalue weighted by molar-refractivity contribution is 0.949. The molecule has 2 aromatic rings. The van der Waals surface area contributed by atoms with Crippen LogP contribution in [0.5, 0.6) is 0 Å². The summed E-state index contributed by atoms with van der Waals surface area (Å²) in [5.74, 6) is 0. The zero-order valence-corrected chi connectivity index (χ0v) is 10.8. The van der Waals surface area contributed by atoms with Gasteiger partial charge in [0.2, 0.25) is 0 Å². The van der Waals surface area contributed by atoms with Crippen LogP contribution in [0.15, 0.2) is 30.3 Å². The fraction of sp³-hybridized carbons (Fsp3) is 0.357. The highest BCUT2D eigenvalue weighted by atomic mass is 35.5. The summed E-state index contributed by atoms with van der Waals surface area (Å²) < 4.78 is 0. The molecule has 1 fully saturated rings. The minimum absolute atomic E-state index is 0. The maximum Gasteiger partial charge on any atom is 0.0726 e. The van der Waals surface area contributed by atoms with E-state index in [1.165, 1.54) is 37.0 Å². The molecule has 0 N–H and O–H groups in total. The number of para-hydroxylation sites is 1. The van der Waals surface area contributed by atoms with Gasteiger partial charge in [0.15, 0.2) is 0 Å². The van der Waals surface area contributed by atoms with E-state index >= 15 is 0 Å². The van der Waals surface area contributed by atoms with Crippen LogP contribution in [0.2, 0.25) is 0 Å². The van der Waals surface area contributed by atoms with E-state index < -0.39 is 0 Å². The fourth-order valence-electron chi connectivity index (χ4n) is 2.51.